The predicted molar refractivity (Wildman–Crippen MR) is 89.3 cm³/mol. The fourth-order valence-corrected chi connectivity index (χ4v) is 4.70. The van der Waals surface area contributed by atoms with Crippen molar-refractivity contribution in [1.29, 1.82) is 0 Å². The summed E-state index contributed by atoms with van der Waals surface area (Å²) in [6.45, 7) is 5.99. The Hall–Kier alpha value is -1.83. The van der Waals surface area contributed by atoms with E-state index in [1.54, 1.807) is 0 Å². The molecule has 0 radical (unpaired) electrons. The Labute approximate surface area is 131 Å². The smallest absolute Gasteiger partial charge is 0.411 e. The molecule has 3 rings (SSSR count). The number of hydrogen-bond donors (Lipinski definition) is 0. The van der Waals surface area contributed by atoms with Crippen LogP contribution in [0.5, 0.6) is 0 Å². The molecule has 1 aliphatic heterocycles. The molecular formula is C18H19O3P. The molecule has 0 spiro atoms. The summed E-state index contributed by atoms with van der Waals surface area (Å²) in [5.41, 5.74) is 3.99. The van der Waals surface area contributed by atoms with Gasteiger partial charge in [0.2, 0.25) is 0 Å². The van der Waals surface area contributed by atoms with E-state index < -0.39 is 7.60 Å². The molecule has 1 atom stereocenters. The maximum absolute atomic E-state index is 13.1. The van der Waals surface area contributed by atoms with Gasteiger partial charge in [-0.1, -0.05) is 48.0 Å². The zero-order valence-corrected chi connectivity index (χ0v) is 13.9. The van der Waals surface area contributed by atoms with Gasteiger partial charge in [-0.05, 0) is 32.4 Å². The van der Waals surface area contributed by atoms with Crippen LogP contribution in [0.25, 0.3) is 5.57 Å². The number of hydrogen-bond acceptors (Lipinski definition) is 3. The average Bonchev–Trinajstić information content (AvgIpc) is 2.49. The van der Waals surface area contributed by atoms with Gasteiger partial charge in [0.05, 0.1) is 11.9 Å². The van der Waals surface area contributed by atoms with Gasteiger partial charge in [0.25, 0.3) is 0 Å². The maximum Gasteiger partial charge on any atom is 0.411 e. The van der Waals surface area contributed by atoms with Crippen LogP contribution in [0.1, 0.15) is 30.5 Å². The topological polar surface area (TPSA) is 35.5 Å². The first-order valence-corrected chi connectivity index (χ1v) is 8.91. The Bertz CT molecular complexity index is 778. The third-order valence-electron chi connectivity index (χ3n) is 3.69. The van der Waals surface area contributed by atoms with E-state index in [9.17, 15) is 4.57 Å². The van der Waals surface area contributed by atoms with E-state index in [1.165, 1.54) is 0 Å². The number of aryl methyl sites for hydroxylation is 1. The van der Waals surface area contributed by atoms with Gasteiger partial charge < -0.3 is 4.52 Å². The molecule has 0 saturated carbocycles. The van der Waals surface area contributed by atoms with Gasteiger partial charge in [-0.25, -0.2) is 4.57 Å². The normalized spacial score (nSPS) is 20.5. The molecule has 0 bridgehead atoms. The molecule has 1 unspecified atom stereocenters. The van der Waals surface area contributed by atoms with E-state index in [2.05, 4.69) is 0 Å². The largest absolute Gasteiger partial charge is 0.425 e. The molecule has 0 aromatic heterocycles. The molecule has 2 aromatic carbocycles. The van der Waals surface area contributed by atoms with Crippen molar-refractivity contribution in [3.63, 3.8) is 0 Å². The molecule has 114 valence electrons. The highest BCUT2D eigenvalue weighted by atomic mass is 31.2. The first-order chi connectivity index (χ1) is 10.5. The van der Waals surface area contributed by atoms with Crippen molar-refractivity contribution >= 4 is 18.5 Å². The van der Waals surface area contributed by atoms with E-state index in [-0.39, 0.29) is 0 Å². The molecule has 0 N–H and O–H groups in total. The highest BCUT2D eigenvalue weighted by Crippen LogP contribution is 2.55. The van der Waals surface area contributed by atoms with Gasteiger partial charge in [0.1, 0.15) is 5.76 Å². The summed E-state index contributed by atoms with van der Waals surface area (Å²) in [6, 6.07) is 15.9. The number of benzene rings is 2. The van der Waals surface area contributed by atoms with Crippen LogP contribution >= 0.6 is 7.60 Å². The Morgan fingerprint density at radius 1 is 1.09 bits per heavy atom. The minimum Gasteiger partial charge on any atom is -0.425 e. The predicted octanol–water partition coefficient (Wildman–Crippen LogP) is 4.66. The van der Waals surface area contributed by atoms with Crippen LogP contribution < -0.4 is 5.30 Å². The van der Waals surface area contributed by atoms with E-state index in [4.69, 9.17) is 9.05 Å². The zero-order valence-electron chi connectivity index (χ0n) is 13.0. The molecular weight excluding hydrogens is 295 g/mol. The van der Waals surface area contributed by atoms with E-state index in [1.807, 2.05) is 69.3 Å². The maximum atomic E-state index is 13.1. The standard InChI is InChI=1S/C18H19O3P/c1-4-20-22(19)17-12-13(2)10-11-16(17)18(14(3)21-22)15-8-6-5-7-9-15/h5-12H,4H2,1-3H3. The first kappa shape index (κ1) is 15.1. The van der Waals surface area contributed by atoms with Crippen LogP contribution in [0, 0.1) is 6.92 Å². The van der Waals surface area contributed by atoms with Gasteiger partial charge in [-0.3, -0.25) is 4.52 Å². The van der Waals surface area contributed by atoms with Crippen LogP contribution in [0.4, 0.5) is 0 Å². The van der Waals surface area contributed by atoms with Crippen LogP contribution in [-0.4, -0.2) is 6.61 Å². The lowest BCUT2D eigenvalue weighted by Crippen LogP contribution is -2.20. The van der Waals surface area contributed by atoms with Crippen LogP contribution in [0.3, 0.4) is 0 Å². The molecule has 0 fully saturated rings. The summed E-state index contributed by atoms with van der Waals surface area (Å²) in [6.07, 6.45) is 0. The van der Waals surface area contributed by atoms with E-state index in [0.29, 0.717) is 17.7 Å². The van der Waals surface area contributed by atoms with Crippen LogP contribution in [0.2, 0.25) is 0 Å². The van der Waals surface area contributed by atoms with Crippen molar-refractivity contribution < 1.29 is 13.6 Å². The zero-order chi connectivity index (χ0) is 15.7. The van der Waals surface area contributed by atoms with Gasteiger partial charge in [0.15, 0.2) is 0 Å². The second-order valence-electron chi connectivity index (χ2n) is 5.32. The minimum atomic E-state index is -3.30. The molecule has 4 heteroatoms. The molecule has 22 heavy (non-hydrogen) atoms. The summed E-state index contributed by atoms with van der Waals surface area (Å²) >= 11 is 0. The van der Waals surface area contributed by atoms with Gasteiger partial charge in [-0.2, -0.15) is 0 Å². The van der Waals surface area contributed by atoms with Crippen molar-refractivity contribution in [3.05, 3.63) is 71.0 Å². The molecule has 1 heterocycles. The second kappa shape index (κ2) is 5.75. The van der Waals surface area contributed by atoms with E-state index >= 15 is 0 Å². The summed E-state index contributed by atoms with van der Waals surface area (Å²) in [5, 5.41) is 0.652. The Morgan fingerprint density at radius 2 is 1.82 bits per heavy atom. The highest BCUT2D eigenvalue weighted by Gasteiger charge is 2.37. The van der Waals surface area contributed by atoms with Gasteiger partial charge >= 0.3 is 7.60 Å². The number of allylic oxidation sites excluding steroid dienone is 1. The molecule has 0 aliphatic carbocycles. The quantitative estimate of drug-likeness (QED) is 0.773. The summed E-state index contributed by atoms with van der Waals surface area (Å²) in [5.74, 6) is 0.638. The SMILES string of the molecule is CCOP1(=O)OC(C)=C(c2ccccc2)c2ccc(C)cc21. The van der Waals surface area contributed by atoms with Crippen molar-refractivity contribution in [2.45, 2.75) is 20.8 Å². The lowest BCUT2D eigenvalue weighted by molar-refractivity contribution is 0.259. The Kier molecular flexibility index (Phi) is 3.94. The number of rotatable bonds is 3. The van der Waals surface area contributed by atoms with Crippen LogP contribution in [-0.2, 0) is 13.6 Å². The molecule has 0 saturated heterocycles. The molecule has 3 nitrogen and oxygen atoms in total. The van der Waals surface area contributed by atoms with Crippen molar-refractivity contribution in [3.8, 4) is 0 Å². The average molecular weight is 314 g/mol. The van der Waals surface area contributed by atoms with Crippen LogP contribution in [0.15, 0.2) is 54.3 Å². The Morgan fingerprint density at radius 3 is 2.50 bits per heavy atom. The molecule has 2 aromatic rings. The summed E-state index contributed by atoms with van der Waals surface area (Å²) in [7, 11) is -3.30. The van der Waals surface area contributed by atoms with Crippen molar-refractivity contribution in [2.24, 2.45) is 0 Å². The molecule has 1 aliphatic rings. The fourth-order valence-electron chi connectivity index (χ4n) is 2.77. The molecule has 0 amide bonds. The minimum absolute atomic E-state index is 0.346. The monoisotopic (exact) mass is 314 g/mol. The first-order valence-electron chi connectivity index (χ1n) is 7.37. The highest BCUT2D eigenvalue weighted by molar-refractivity contribution is 7.62. The van der Waals surface area contributed by atoms with Gasteiger partial charge in [0, 0.05) is 11.1 Å². The Balaban J connectivity index is 2.25. The third-order valence-corrected chi connectivity index (χ3v) is 5.76. The summed E-state index contributed by atoms with van der Waals surface area (Å²) in [4.78, 5) is 0. The third kappa shape index (κ3) is 2.51. The van der Waals surface area contributed by atoms with Crippen molar-refractivity contribution in [1.82, 2.24) is 0 Å². The summed E-state index contributed by atoms with van der Waals surface area (Å²) < 4.78 is 24.4. The van der Waals surface area contributed by atoms with E-state index in [0.717, 1.165) is 22.3 Å². The van der Waals surface area contributed by atoms with Gasteiger partial charge in [-0.15, -0.1) is 0 Å². The second-order valence-corrected chi connectivity index (χ2v) is 7.24. The lowest BCUT2D eigenvalue weighted by atomic mass is 9.96. The van der Waals surface area contributed by atoms with Crippen molar-refractivity contribution in [2.75, 3.05) is 6.61 Å². The lowest BCUT2D eigenvalue weighted by Gasteiger charge is -2.29. The number of fused-ring (bicyclic) bond motifs is 1. The fraction of sp³-hybridized carbons (Fsp3) is 0.222.